The lowest BCUT2D eigenvalue weighted by Gasteiger charge is -2.14. The van der Waals surface area contributed by atoms with Crippen LogP contribution in [0.3, 0.4) is 0 Å². The highest BCUT2D eigenvalue weighted by atomic mass is 19.4. The molecule has 0 bridgehead atoms. The van der Waals surface area contributed by atoms with Crippen LogP contribution in [0.25, 0.3) is 0 Å². The Morgan fingerprint density at radius 1 is 1.05 bits per heavy atom. The van der Waals surface area contributed by atoms with Crippen LogP contribution >= 0.6 is 0 Å². The minimum Gasteiger partial charge on any atom is -0.319 e. The molecule has 20 heavy (non-hydrogen) atoms. The third-order valence-electron chi connectivity index (χ3n) is 3.04. The van der Waals surface area contributed by atoms with Gasteiger partial charge in [-0.05, 0) is 31.5 Å². The molecule has 2 nitrogen and oxygen atoms in total. The molecule has 5 heteroatoms. The lowest BCUT2D eigenvalue weighted by molar-refractivity contribution is -0.137. The van der Waals surface area contributed by atoms with Gasteiger partial charge in [-0.25, -0.2) is 0 Å². The summed E-state index contributed by atoms with van der Waals surface area (Å²) in [5, 5.41) is 0. The summed E-state index contributed by atoms with van der Waals surface area (Å²) in [6.45, 7) is 3.90. The predicted octanol–water partition coefficient (Wildman–Crippen LogP) is 3.77. The number of hydrogen-bond donors (Lipinski definition) is 1. The molecular weight excluding hydrogens is 265 g/mol. The van der Waals surface area contributed by atoms with Crippen LogP contribution in [-0.2, 0) is 6.18 Å². The summed E-state index contributed by atoms with van der Waals surface area (Å²) in [5.41, 5.74) is 8.68. The molecule has 1 unspecified atom stereocenters. The predicted molar refractivity (Wildman–Crippen MR) is 71.2 cm³/mol. The fourth-order valence-corrected chi connectivity index (χ4v) is 2.12. The maximum absolute atomic E-state index is 12.5. The van der Waals surface area contributed by atoms with Crippen molar-refractivity contribution in [2.75, 3.05) is 0 Å². The summed E-state index contributed by atoms with van der Waals surface area (Å²) in [6, 6.07) is 7.64. The van der Waals surface area contributed by atoms with Crippen molar-refractivity contribution >= 4 is 0 Å². The van der Waals surface area contributed by atoms with Crippen LogP contribution in [0.5, 0.6) is 0 Å². The van der Waals surface area contributed by atoms with Gasteiger partial charge in [0, 0.05) is 6.20 Å². The maximum atomic E-state index is 12.5. The molecule has 106 valence electrons. The van der Waals surface area contributed by atoms with Crippen LogP contribution in [0, 0.1) is 13.8 Å². The molecule has 0 aliphatic heterocycles. The van der Waals surface area contributed by atoms with E-state index < -0.39 is 17.8 Å². The second-order valence-electron chi connectivity index (χ2n) is 4.87. The van der Waals surface area contributed by atoms with E-state index in [1.54, 1.807) is 0 Å². The van der Waals surface area contributed by atoms with Crippen molar-refractivity contribution in [1.82, 2.24) is 4.98 Å². The fraction of sp³-hybridized carbons (Fsp3) is 0.267. The number of alkyl halides is 3. The monoisotopic (exact) mass is 280 g/mol. The van der Waals surface area contributed by atoms with Gasteiger partial charge in [-0.2, -0.15) is 13.2 Å². The van der Waals surface area contributed by atoms with E-state index in [0.717, 1.165) is 29.0 Å². The van der Waals surface area contributed by atoms with Gasteiger partial charge < -0.3 is 5.73 Å². The van der Waals surface area contributed by atoms with Crippen LogP contribution in [0.15, 0.2) is 36.5 Å². The molecule has 0 aliphatic carbocycles. The molecule has 2 aromatic rings. The number of aryl methyl sites for hydroxylation is 2. The molecule has 0 fully saturated rings. The molecule has 2 N–H and O–H groups in total. The third kappa shape index (κ3) is 3.17. The van der Waals surface area contributed by atoms with Gasteiger partial charge in [-0.15, -0.1) is 0 Å². The normalized spacial score (nSPS) is 13.3. The van der Waals surface area contributed by atoms with E-state index in [1.165, 1.54) is 6.07 Å². The first-order valence-electron chi connectivity index (χ1n) is 6.14. The number of halogens is 3. The van der Waals surface area contributed by atoms with Crippen molar-refractivity contribution < 1.29 is 13.2 Å². The Labute approximate surface area is 115 Å². The Kier molecular flexibility index (Phi) is 3.81. The molecule has 1 atom stereocenters. The summed E-state index contributed by atoms with van der Waals surface area (Å²) in [6.07, 6.45) is -3.56. The number of benzene rings is 1. The number of rotatable bonds is 2. The first-order valence-corrected chi connectivity index (χ1v) is 6.14. The number of nitrogens with two attached hydrogens (primary N) is 1. The van der Waals surface area contributed by atoms with Crippen molar-refractivity contribution in [1.29, 1.82) is 0 Å². The van der Waals surface area contributed by atoms with Crippen molar-refractivity contribution in [2.45, 2.75) is 26.1 Å². The summed E-state index contributed by atoms with van der Waals surface area (Å²) in [7, 11) is 0. The zero-order valence-electron chi connectivity index (χ0n) is 11.2. The second-order valence-corrected chi connectivity index (χ2v) is 4.87. The van der Waals surface area contributed by atoms with E-state index in [2.05, 4.69) is 4.98 Å². The Hall–Kier alpha value is -1.88. The SMILES string of the molecule is Cc1cc(C)cc(C(N)c2ccc(C(F)(F)F)cn2)c1. The standard InChI is InChI=1S/C15H15F3N2/c1-9-5-10(2)7-11(6-9)14(19)13-4-3-12(8-20-13)15(16,17)18/h3-8,14H,19H2,1-2H3. The van der Waals surface area contributed by atoms with Crippen molar-refractivity contribution in [3.8, 4) is 0 Å². The highest BCUT2D eigenvalue weighted by Crippen LogP contribution is 2.29. The fourth-order valence-electron chi connectivity index (χ4n) is 2.12. The van der Waals surface area contributed by atoms with E-state index in [1.807, 2.05) is 32.0 Å². The van der Waals surface area contributed by atoms with Crippen molar-refractivity contribution in [3.63, 3.8) is 0 Å². The number of nitrogens with zero attached hydrogens (tertiary/aromatic N) is 1. The highest BCUT2D eigenvalue weighted by Gasteiger charge is 2.30. The third-order valence-corrected chi connectivity index (χ3v) is 3.04. The molecule has 2 rings (SSSR count). The molecule has 1 aromatic heterocycles. The van der Waals surface area contributed by atoms with Gasteiger partial charge in [-0.3, -0.25) is 4.98 Å². The van der Waals surface area contributed by atoms with Gasteiger partial charge in [0.1, 0.15) is 0 Å². The van der Waals surface area contributed by atoms with Gasteiger partial charge in [0.15, 0.2) is 0 Å². The van der Waals surface area contributed by atoms with Gasteiger partial charge >= 0.3 is 6.18 Å². The van der Waals surface area contributed by atoms with Crippen LogP contribution in [-0.4, -0.2) is 4.98 Å². The lowest BCUT2D eigenvalue weighted by Crippen LogP contribution is -2.15. The molecule has 1 heterocycles. The van der Waals surface area contributed by atoms with Crippen molar-refractivity contribution in [2.24, 2.45) is 5.73 Å². The van der Waals surface area contributed by atoms with Gasteiger partial charge in [0.05, 0.1) is 17.3 Å². The van der Waals surface area contributed by atoms with Crippen LogP contribution in [0.2, 0.25) is 0 Å². The molecule has 0 aliphatic rings. The zero-order chi connectivity index (χ0) is 14.9. The van der Waals surface area contributed by atoms with Gasteiger partial charge in [0.2, 0.25) is 0 Å². The van der Waals surface area contributed by atoms with E-state index in [9.17, 15) is 13.2 Å². The topological polar surface area (TPSA) is 38.9 Å². The van der Waals surface area contributed by atoms with Crippen LogP contribution < -0.4 is 5.73 Å². The molecule has 0 amide bonds. The van der Waals surface area contributed by atoms with Crippen molar-refractivity contribution in [3.05, 3.63) is 64.5 Å². The Morgan fingerprint density at radius 2 is 1.65 bits per heavy atom. The highest BCUT2D eigenvalue weighted by molar-refractivity contribution is 5.35. The molecule has 1 aromatic carbocycles. The maximum Gasteiger partial charge on any atom is 0.417 e. The molecule has 0 radical (unpaired) electrons. The summed E-state index contributed by atoms with van der Waals surface area (Å²) in [5.74, 6) is 0. The average Bonchev–Trinajstić information content (AvgIpc) is 2.36. The number of aromatic nitrogens is 1. The quantitative estimate of drug-likeness (QED) is 0.909. The Balaban J connectivity index is 2.31. The first-order chi connectivity index (χ1) is 9.27. The molecular formula is C15H15F3N2. The molecule has 0 saturated carbocycles. The molecule has 0 saturated heterocycles. The summed E-state index contributed by atoms with van der Waals surface area (Å²) < 4.78 is 37.4. The van der Waals surface area contributed by atoms with Crippen LogP contribution in [0.1, 0.15) is 34.0 Å². The Bertz CT molecular complexity index is 583. The Morgan fingerprint density at radius 3 is 2.10 bits per heavy atom. The van der Waals surface area contributed by atoms with E-state index >= 15 is 0 Å². The second kappa shape index (κ2) is 5.25. The zero-order valence-corrected chi connectivity index (χ0v) is 11.2. The average molecular weight is 280 g/mol. The van der Waals surface area contributed by atoms with Gasteiger partial charge in [0.25, 0.3) is 0 Å². The number of hydrogen-bond acceptors (Lipinski definition) is 2. The lowest BCUT2D eigenvalue weighted by atomic mass is 9.99. The minimum atomic E-state index is -4.38. The smallest absolute Gasteiger partial charge is 0.319 e. The molecule has 0 spiro atoms. The van der Waals surface area contributed by atoms with Gasteiger partial charge in [-0.1, -0.05) is 29.3 Å². The summed E-state index contributed by atoms with van der Waals surface area (Å²) >= 11 is 0. The number of pyridine rings is 1. The minimum absolute atomic E-state index is 0.419. The largest absolute Gasteiger partial charge is 0.417 e. The van der Waals surface area contributed by atoms with E-state index in [-0.39, 0.29) is 0 Å². The van der Waals surface area contributed by atoms with E-state index in [4.69, 9.17) is 5.73 Å². The first kappa shape index (κ1) is 14.5. The summed E-state index contributed by atoms with van der Waals surface area (Å²) in [4.78, 5) is 3.84. The van der Waals surface area contributed by atoms with E-state index in [0.29, 0.717) is 5.69 Å². The van der Waals surface area contributed by atoms with Crippen LogP contribution in [0.4, 0.5) is 13.2 Å².